The van der Waals surface area contributed by atoms with Gasteiger partial charge in [-0.3, -0.25) is 4.79 Å². The van der Waals surface area contributed by atoms with Gasteiger partial charge in [-0.05, 0) is 44.9 Å². The molecule has 112 valence electrons. The fourth-order valence-corrected chi connectivity index (χ4v) is 1.73. The number of nitrogen functional groups attached to an aromatic ring is 1. The van der Waals surface area contributed by atoms with E-state index in [-0.39, 0.29) is 12.0 Å². The largest absolute Gasteiger partial charge is 0.495 e. The highest BCUT2D eigenvalue weighted by molar-refractivity contribution is 5.95. The molecule has 0 radical (unpaired) electrons. The topological polar surface area (TPSA) is 73.6 Å². The number of benzene rings is 1. The molecule has 0 atom stereocenters. The third-order valence-electron chi connectivity index (χ3n) is 2.80. The van der Waals surface area contributed by atoms with Crippen LogP contribution < -0.4 is 15.8 Å². The van der Waals surface area contributed by atoms with E-state index in [1.54, 1.807) is 25.3 Å². The maximum absolute atomic E-state index is 11.9. The summed E-state index contributed by atoms with van der Waals surface area (Å²) in [4.78, 5) is 11.9. The van der Waals surface area contributed by atoms with Gasteiger partial charge in [-0.2, -0.15) is 0 Å². The van der Waals surface area contributed by atoms with Crippen molar-refractivity contribution in [3.63, 3.8) is 0 Å². The van der Waals surface area contributed by atoms with E-state index in [4.69, 9.17) is 15.2 Å². The third-order valence-corrected chi connectivity index (χ3v) is 2.80. The second kappa shape index (κ2) is 8.43. The van der Waals surface area contributed by atoms with Crippen LogP contribution in [0.25, 0.3) is 0 Å². The van der Waals surface area contributed by atoms with Crippen LogP contribution in [0, 0.1) is 0 Å². The van der Waals surface area contributed by atoms with Crippen molar-refractivity contribution >= 4 is 11.6 Å². The molecule has 5 heteroatoms. The Morgan fingerprint density at radius 2 is 2.10 bits per heavy atom. The highest BCUT2D eigenvalue weighted by atomic mass is 16.5. The first-order valence-corrected chi connectivity index (χ1v) is 6.88. The van der Waals surface area contributed by atoms with Gasteiger partial charge < -0.3 is 20.5 Å². The van der Waals surface area contributed by atoms with Crippen molar-refractivity contribution in [1.82, 2.24) is 5.32 Å². The molecule has 0 fully saturated rings. The Morgan fingerprint density at radius 3 is 2.70 bits per heavy atom. The number of unbranched alkanes of at least 4 members (excludes halogenated alkanes) is 1. The number of rotatable bonds is 8. The first kappa shape index (κ1) is 16.3. The third kappa shape index (κ3) is 5.48. The van der Waals surface area contributed by atoms with Crippen LogP contribution in [0.15, 0.2) is 18.2 Å². The number of nitrogens with one attached hydrogen (secondary N) is 1. The van der Waals surface area contributed by atoms with Crippen molar-refractivity contribution in [2.45, 2.75) is 32.8 Å². The molecule has 20 heavy (non-hydrogen) atoms. The number of methoxy groups -OCH3 is 1. The van der Waals surface area contributed by atoms with Gasteiger partial charge in [0.1, 0.15) is 5.75 Å². The van der Waals surface area contributed by atoms with Crippen LogP contribution in [0.3, 0.4) is 0 Å². The zero-order chi connectivity index (χ0) is 15.0. The molecule has 0 aromatic heterocycles. The van der Waals surface area contributed by atoms with E-state index < -0.39 is 0 Å². The fraction of sp³-hybridized carbons (Fsp3) is 0.533. The Balaban J connectivity index is 2.31. The summed E-state index contributed by atoms with van der Waals surface area (Å²) in [7, 11) is 1.55. The van der Waals surface area contributed by atoms with E-state index in [2.05, 4.69) is 5.32 Å². The molecular weight excluding hydrogens is 256 g/mol. The van der Waals surface area contributed by atoms with E-state index >= 15 is 0 Å². The number of hydrogen-bond donors (Lipinski definition) is 2. The Hall–Kier alpha value is -1.75. The van der Waals surface area contributed by atoms with E-state index in [0.29, 0.717) is 23.5 Å². The van der Waals surface area contributed by atoms with Crippen molar-refractivity contribution < 1.29 is 14.3 Å². The van der Waals surface area contributed by atoms with Crippen LogP contribution in [0.2, 0.25) is 0 Å². The molecule has 3 N–H and O–H groups in total. The van der Waals surface area contributed by atoms with Crippen molar-refractivity contribution in [1.29, 1.82) is 0 Å². The zero-order valence-corrected chi connectivity index (χ0v) is 12.4. The molecule has 5 nitrogen and oxygen atoms in total. The Morgan fingerprint density at radius 1 is 1.35 bits per heavy atom. The SMILES string of the molecule is COc1ccc(C(=O)NCCCCOC(C)C)cc1N. The van der Waals surface area contributed by atoms with E-state index in [1.165, 1.54) is 0 Å². The standard InChI is InChI=1S/C15H24N2O3/c1-11(2)20-9-5-4-8-17-15(18)12-6-7-14(19-3)13(16)10-12/h6-7,10-11H,4-5,8-9,16H2,1-3H3,(H,17,18). The molecule has 0 saturated carbocycles. The molecule has 1 rings (SSSR count). The molecule has 0 aliphatic rings. The minimum Gasteiger partial charge on any atom is -0.495 e. The summed E-state index contributed by atoms with van der Waals surface area (Å²) in [6, 6.07) is 5.02. The van der Waals surface area contributed by atoms with Gasteiger partial charge in [-0.25, -0.2) is 0 Å². The maximum atomic E-state index is 11.9. The second-order valence-electron chi connectivity index (χ2n) is 4.84. The zero-order valence-electron chi connectivity index (χ0n) is 12.4. The number of carbonyl (C=O) groups excluding carboxylic acids is 1. The maximum Gasteiger partial charge on any atom is 0.251 e. The highest BCUT2D eigenvalue weighted by Gasteiger charge is 2.07. The van der Waals surface area contributed by atoms with Gasteiger partial charge in [0.05, 0.1) is 18.9 Å². The second-order valence-corrected chi connectivity index (χ2v) is 4.84. The summed E-state index contributed by atoms with van der Waals surface area (Å²) >= 11 is 0. The minimum atomic E-state index is -0.121. The quantitative estimate of drug-likeness (QED) is 0.565. The summed E-state index contributed by atoms with van der Waals surface area (Å²) in [6.45, 7) is 5.38. The van der Waals surface area contributed by atoms with Gasteiger partial charge in [0.25, 0.3) is 5.91 Å². The first-order valence-electron chi connectivity index (χ1n) is 6.88. The van der Waals surface area contributed by atoms with Gasteiger partial charge in [-0.15, -0.1) is 0 Å². The first-order chi connectivity index (χ1) is 9.54. The lowest BCUT2D eigenvalue weighted by Gasteiger charge is -2.09. The van der Waals surface area contributed by atoms with Crippen LogP contribution >= 0.6 is 0 Å². The average Bonchev–Trinajstić information content (AvgIpc) is 2.42. The summed E-state index contributed by atoms with van der Waals surface area (Å²) < 4.78 is 10.5. The minimum absolute atomic E-state index is 0.121. The van der Waals surface area contributed by atoms with E-state index in [0.717, 1.165) is 19.4 Å². The van der Waals surface area contributed by atoms with Crippen LogP contribution in [-0.4, -0.2) is 32.3 Å². The molecule has 0 saturated heterocycles. The molecular formula is C15H24N2O3. The highest BCUT2D eigenvalue weighted by Crippen LogP contribution is 2.21. The molecule has 1 aromatic carbocycles. The van der Waals surface area contributed by atoms with E-state index in [9.17, 15) is 4.79 Å². The predicted octanol–water partition coefficient (Wildman–Crippen LogP) is 2.21. The predicted molar refractivity (Wildman–Crippen MR) is 80.1 cm³/mol. The van der Waals surface area contributed by atoms with Crippen LogP contribution in [-0.2, 0) is 4.74 Å². The molecule has 0 aliphatic heterocycles. The number of amides is 1. The monoisotopic (exact) mass is 280 g/mol. The smallest absolute Gasteiger partial charge is 0.251 e. The van der Waals surface area contributed by atoms with Gasteiger partial charge in [0.15, 0.2) is 0 Å². The Bertz CT molecular complexity index is 433. The Kier molecular flexibility index (Phi) is 6.87. The lowest BCUT2D eigenvalue weighted by Crippen LogP contribution is -2.24. The van der Waals surface area contributed by atoms with Crippen molar-refractivity contribution in [2.24, 2.45) is 0 Å². The molecule has 1 aromatic rings. The number of hydrogen-bond acceptors (Lipinski definition) is 4. The van der Waals surface area contributed by atoms with E-state index in [1.807, 2.05) is 13.8 Å². The lowest BCUT2D eigenvalue weighted by molar-refractivity contribution is 0.0754. The Labute approximate surface area is 120 Å². The number of nitrogens with two attached hydrogens (primary N) is 1. The van der Waals surface area contributed by atoms with Crippen LogP contribution in [0.5, 0.6) is 5.75 Å². The summed E-state index contributed by atoms with van der Waals surface area (Å²) in [5, 5.41) is 2.86. The number of ether oxygens (including phenoxy) is 2. The van der Waals surface area contributed by atoms with Crippen molar-refractivity contribution in [3.8, 4) is 5.75 Å². The average molecular weight is 280 g/mol. The van der Waals surface area contributed by atoms with Gasteiger partial charge in [-0.1, -0.05) is 0 Å². The van der Waals surface area contributed by atoms with Crippen LogP contribution in [0.4, 0.5) is 5.69 Å². The summed E-state index contributed by atoms with van der Waals surface area (Å²) in [6.07, 6.45) is 2.08. The summed E-state index contributed by atoms with van der Waals surface area (Å²) in [5.74, 6) is 0.455. The summed E-state index contributed by atoms with van der Waals surface area (Å²) in [5.41, 5.74) is 6.78. The molecule has 0 heterocycles. The normalized spacial score (nSPS) is 10.6. The molecule has 1 amide bonds. The molecule has 0 spiro atoms. The van der Waals surface area contributed by atoms with Gasteiger partial charge in [0.2, 0.25) is 0 Å². The number of carbonyl (C=O) groups is 1. The molecule has 0 aliphatic carbocycles. The van der Waals surface area contributed by atoms with Crippen molar-refractivity contribution in [2.75, 3.05) is 26.0 Å². The molecule has 0 bridgehead atoms. The lowest BCUT2D eigenvalue weighted by atomic mass is 10.1. The fourth-order valence-electron chi connectivity index (χ4n) is 1.73. The molecule has 0 unspecified atom stereocenters. The van der Waals surface area contributed by atoms with Gasteiger partial charge in [0, 0.05) is 18.7 Å². The van der Waals surface area contributed by atoms with Crippen molar-refractivity contribution in [3.05, 3.63) is 23.8 Å². The van der Waals surface area contributed by atoms with Gasteiger partial charge >= 0.3 is 0 Å². The number of anilines is 1. The van der Waals surface area contributed by atoms with Crippen LogP contribution in [0.1, 0.15) is 37.0 Å².